The van der Waals surface area contributed by atoms with E-state index in [1.807, 2.05) is 7.05 Å². The molecular weight excluding hydrogens is 330 g/mol. The Bertz CT molecular complexity index is 581. The Morgan fingerprint density at radius 1 is 1.58 bits per heavy atom. The van der Waals surface area contributed by atoms with Crippen molar-refractivity contribution >= 4 is 22.4 Å². The lowest BCUT2D eigenvalue weighted by atomic mass is 9.79. The van der Waals surface area contributed by atoms with Crippen molar-refractivity contribution < 1.29 is 19.4 Å². The van der Waals surface area contributed by atoms with Gasteiger partial charge in [0.15, 0.2) is 5.13 Å². The fourth-order valence-electron chi connectivity index (χ4n) is 3.99. The lowest BCUT2D eigenvalue weighted by Gasteiger charge is -2.43. The molecule has 2 fully saturated rings. The Kier molecular flexibility index (Phi) is 5.39. The number of carboxylic acid groups (broad SMARTS) is 1. The van der Waals surface area contributed by atoms with Crippen LogP contribution in [0.4, 0.5) is 5.13 Å². The minimum Gasteiger partial charge on any atom is -0.480 e. The predicted molar refractivity (Wildman–Crippen MR) is 91.4 cm³/mol. The van der Waals surface area contributed by atoms with Crippen molar-refractivity contribution in [1.82, 2.24) is 9.88 Å². The molecule has 1 aliphatic heterocycles. The Labute approximate surface area is 146 Å². The maximum Gasteiger partial charge on any atom is 0.329 e. The number of methoxy groups -OCH3 is 1. The summed E-state index contributed by atoms with van der Waals surface area (Å²) in [7, 11) is 3.66. The van der Waals surface area contributed by atoms with E-state index in [1.54, 1.807) is 18.4 Å². The Morgan fingerprint density at radius 3 is 3.08 bits per heavy atom. The van der Waals surface area contributed by atoms with Gasteiger partial charge in [-0.05, 0) is 25.7 Å². The molecule has 0 radical (unpaired) electrons. The van der Waals surface area contributed by atoms with E-state index in [4.69, 9.17) is 14.6 Å². The molecule has 0 bridgehead atoms. The van der Waals surface area contributed by atoms with E-state index < -0.39 is 5.97 Å². The molecule has 3 atom stereocenters. The topological polar surface area (TPSA) is 83.9 Å². The van der Waals surface area contributed by atoms with E-state index in [0.717, 1.165) is 49.6 Å². The van der Waals surface area contributed by atoms with Crippen LogP contribution in [0.5, 0.6) is 0 Å². The number of carbonyl (C=O) groups is 1. The number of thiazole rings is 1. The third-order valence-corrected chi connectivity index (χ3v) is 6.13. The van der Waals surface area contributed by atoms with E-state index >= 15 is 0 Å². The van der Waals surface area contributed by atoms with E-state index in [1.165, 1.54) is 0 Å². The van der Waals surface area contributed by atoms with Gasteiger partial charge < -0.3 is 19.9 Å². The van der Waals surface area contributed by atoms with Crippen molar-refractivity contribution in [3.8, 4) is 0 Å². The number of anilines is 1. The predicted octanol–water partition coefficient (Wildman–Crippen LogP) is 1.80. The number of ether oxygens (including phenoxy) is 2. The lowest BCUT2D eigenvalue weighted by molar-refractivity contribution is -0.148. The van der Waals surface area contributed by atoms with Gasteiger partial charge in [0.2, 0.25) is 0 Å². The number of carboxylic acids is 1. The first kappa shape index (κ1) is 17.6. The van der Waals surface area contributed by atoms with Crippen molar-refractivity contribution in [3.05, 3.63) is 11.1 Å². The van der Waals surface area contributed by atoms with Crippen molar-refractivity contribution in [3.63, 3.8) is 0 Å². The molecule has 1 aliphatic carbocycles. The zero-order valence-electron chi connectivity index (χ0n) is 14.2. The van der Waals surface area contributed by atoms with Gasteiger partial charge in [-0.1, -0.05) is 0 Å². The average Bonchev–Trinajstić information content (AvgIpc) is 3.18. The van der Waals surface area contributed by atoms with Gasteiger partial charge in [-0.2, -0.15) is 0 Å². The van der Waals surface area contributed by atoms with E-state index in [0.29, 0.717) is 0 Å². The fraction of sp³-hybridized carbons (Fsp3) is 0.750. The maximum atomic E-state index is 10.8. The summed E-state index contributed by atoms with van der Waals surface area (Å²) in [6.07, 6.45) is 3.56. The Balaban J connectivity index is 1.68. The molecular formula is C16H25N3O4S. The minimum absolute atomic E-state index is 0.0155. The summed E-state index contributed by atoms with van der Waals surface area (Å²) in [4.78, 5) is 17.7. The number of nitrogens with zero attached hydrogens (tertiary/aromatic N) is 2. The van der Waals surface area contributed by atoms with E-state index in [-0.39, 0.29) is 24.4 Å². The van der Waals surface area contributed by atoms with Gasteiger partial charge in [-0.25, -0.2) is 9.78 Å². The molecule has 3 rings (SSSR count). The highest BCUT2D eigenvalue weighted by Gasteiger charge is 2.51. The third kappa shape index (κ3) is 3.56. The molecule has 2 N–H and O–H groups in total. The van der Waals surface area contributed by atoms with E-state index in [9.17, 15) is 4.79 Å². The zero-order valence-corrected chi connectivity index (χ0v) is 15.0. The summed E-state index contributed by atoms with van der Waals surface area (Å²) in [5, 5.41) is 14.9. The van der Waals surface area contributed by atoms with Crippen LogP contribution in [0.1, 0.15) is 31.4 Å². The number of hydrogen-bond donors (Lipinski definition) is 2. The number of likely N-dealkylation sites (tertiary alicyclic amines) is 1. The summed E-state index contributed by atoms with van der Waals surface area (Å²) >= 11 is 1.61. The maximum absolute atomic E-state index is 10.8. The summed E-state index contributed by atoms with van der Waals surface area (Å²) in [5.41, 5.74) is 0.926. The zero-order chi connectivity index (χ0) is 17.2. The van der Waals surface area contributed by atoms with Gasteiger partial charge in [-0.3, -0.25) is 4.90 Å². The van der Waals surface area contributed by atoms with Crippen LogP contribution < -0.4 is 5.32 Å². The molecule has 7 nitrogen and oxygen atoms in total. The number of nitrogens with one attached hydrogen (secondary N) is 1. The molecule has 134 valence electrons. The van der Waals surface area contributed by atoms with Crippen LogP contribution >= 0.6 is 11.3 Å². The number of rotatable bonds is 7. The van der Waals surface area contributed by atoms with Gasteiger partial charge >= 0.3 is 5.97 Å². The summed E-state index contributed by atoms with van der Waals surface area (Å²) in [6, 6.07) is 0.245. The number of aromatic nitrogens is 1. The molecule has 1 aromatic rings. The quantitative estimate of drug-likeness (QED) is 0.771. The largest absolute Gasteiger partial charge is 0.480 e. The molecule has 1 aromatic heterocycles. The van der Waals surface area contributed by atoms with Crippen molar-refractivity contribution in [1.29, 1.82) is 0 Å². The highest BCUT2D eigenvalue weighted by Crippen LogP contribution is 2.43. The number of fused-ring (bicyclic) bond motifs is 1. The normalized spacial score (nSPS) is 30.2. The molecule has 2 aliphatic rings. The van der Waals surface area contributed by atoms with Gasteiger partial charge in [0.25, 0.3) is 0 Å². The van der Waals surface area contributed by atoms with Crippen LogP contribution in [0, 0.1) is 0 Å². The second-order valence-corrected chi connectivity index (χ2v) is 7.36. The smallest absolute Gasteiger partial charge is 0.329 e. The first-order valence-corrected chi connectivity index (χ1v) is 9.19. The van der Waals surface area contributed by atoms with Crippen molar-refractivity contribution in [2.45, 2.75) is 50.0 Å². The van der Waals surface area contributed by atoms with E-state index in [2.05, 4.69) is 20.6 Å². The van der Waals surface area contributed by atoms with Gasteiger partial charge in [0.05, 0.1) is 17.4 Å². The highest BCUT2D eigenvalue weighted by atomic mass is 32.1. The molecule has 8 heteroatoms. The standard InChI is InChI=1S/C16H25N3O4S/c1-17-15-18-11(10-24-15)8-19-6-5-16(22-2)4-3-12(7-13(16)19)23-9-14(20)21/h10,12-13H,3-9H2,1-2H3,(H,17,18)(H,20,21)/t12-,13+,16-/m1/s1. The molecule has 0 spiro atoms. The molecule has 1 saturated carbocycles. The van der Waals surface area contributed by atoms with Crippen LogP contribution in [0.2, 0.25) is 0 Å². The molecule has 0 amide bonds. The first-order chi connectivity index (χ1) is 11.6. The molecule has 24 heavy (non-hydrogen) atoms. The summed E-state index contributed by atoms with van der Waals surface area (Å²) < 4.78 is 11.5. The van der Waals surface area contributed by atoms with Crippen LogP contribution in [0.25, 0.3) is 0 Å². The average molecular weight is 355 g/mol. The SMILES string of the molecule is CNc1nc(CN2CC[C@]3(OC)CC[C@@H](OCC(=O)O)C[C@H]23)cs1. The van der Waals surface area contributed by atoms with Gasteiger partial charge in [0.1, 0.15) is 6.61 Å². The Hall–Kier alpha value is -1.22. The second-order valence-electron chi connectivity index (χ2n) is 6.50. The molecule has 0 unspecified atom stereocenters. The first-order valence-electron chi connectivity index (χ1n) is 8.31. The fourth-order valence-corrected chi connectivity index (χ4v) is 4.65. The summed E-state index contributed by atoms with van der Waals surface area (Å²) in [5.74, 6) is -0.913. The molecule has 0 aromatic carbocycles. The van der Waals surface area contributed by atoms with Crippen molar-refractivity contribution in [2.75, 3.05) is 32.6 Å². The summed E-state index contributed by atoms with van der Waals surface area (Å²) in [6.45, 7) is 1.53. The highest BCUT2D eigenvalue weighted by molar-refractivity contribution is 7.13. The second kappa shape index (κ2) is 7.35. The van der Waals surface area contributed by atoms with Crippen molar-refractivity contribution in [2.24, 2.45) is 0 Å². The van der Waals surface area contributed by atoms with Gasteiger partial charge in [0, 0.05) is 38.7 Å². The van der Waals surface area contributed by atoms with Gasteiger partial charge in [-0.15, -0.1) is 11.3 Å². The number of aliphatic carboxylic acids is 1. The molecule has 1 saturated heterocycles. The lowest BCUT2D eigenvalue weighted by Crippen LogP contribution is -2.51. The Morgan fingerprint density at radius 2 is 2.42 bits per heavy atom. The van der Waals surface area contributed by atoms with Crippen LogP contribution in [0.15, 0.2) is 5.38 Å². The minimum atomic E-state index is -0.913. The number of hydrogen-bond acceptors (Lipinski definition) is 7. The third-order valence-electron chi connectivity index (χ3n) is 5.23. The van der Waals surface area contributed by atoms with Crippen LogP contribution in [0.3, 0.4) is 0 Å². The van der Waals surface area contributed by atoms with Crippen LogP contribution in [-0.2, 0) is 20.8 Å². The monoisotopic (exact) mass is 355 g/mol. The van der Waals surface area contributed by atoms with Crippen LogP contribution in [-0.4, -0.2) is 66.0 Å². The molecule has 2 heterocycles.